The van der Waals surface area contributed by atoms with Crippen molar-refractivity contribution >= 4 is 29.1 Å². The highest BCUT2D eigenvalue weighted by atomic mass is 35.5. The number of likely N-dealkylation sites (tertiary alicyclic amines) is 2. The third kappa shape index (κ3) is 4.52. The van der Waals surface area contributed by atoms with E-state index in [9.17, 15) is 4.79 Å². The second-order valence-electron chi connectivity index (χ2n) is 7.82. The van der Waals surface area contributed by atoms with Gasteiger partial charge in [-0.1, -0.05) is 41.3 Å². The van der Waals surface area contributed by atoms with Crippen molar-refractivity contribution in [1.82, 2.24) is 9.80 Å². The van der Waals surface area contributed by atoms with Crippen LogP contribution >= 0.6 is 23.2 Å². The van der Waals surface area contributed by atoms with Gasteiger partial charge in [0, 0.05) is 46.6 Å². The number of piperidine rings is 1. The molecule has 0 aromatic heterocycles. The van der Waals surface area contributed by atoms with E-state index < -0.39 is 0 Å². The molecule has 2 saturated heterocycles. The summed E-state index contributed by atoms with van der Waals surface area (Å²) in [4.78, 5) is 16.7. The molecule has 0 unspecified atom stereocenters. The van der Waals surface area contributed by atoms with E-state index in [0.29, 0.717) is 5.02 Å². The maximum atomic E-state index is 12.3. The smallest absolute Gasteiger partial charge is 0.298 e. The van der Waals surface area contributed by atoms with E-state index in [1.807, 2.05) is 29.2 Å². The second-order valence-corrected chi connectivity index (χ2v) is 8.69. The number of halogens is 2. The molecule has 2 heterocycles. The van der Waals surface area contributed by atoms with Crippen molar-refractivity contribution in [2.75, 3.05) is 26.2 Å². The van der Waals surface area contributed by atoms with Crippen LogP contribution < -0.4 is 0 Å². The lowest BCUT2D eigenvalue weighted by Crippen LogP contribution is -2.61. The van der Waals surface area contributed by atoms with Gasteiger partial charge in [-0.05, 0) is 67.9 Å². The molecule has 4 rings (SSSR count). The van der Waals surface area contributed by atoms with Crippen LogP contribution in [0.25, 0.3) is 0 Å². The van der Waals surface area contributed by atoms with Gasteiger partial charge < -0.3 is 4.90 Å². The van der Waals surface area contributed by atoms with Crippen molar-refractivity contribution in [3.8, 4) is 11.8 Å². The number of carbonyl (C=O) groups excluding carboxylic acids is 1. The van der Waals surface area contributed by atoms with Crippen molar-refractivity contribution in [3.63, 3.8) is 0 Å². The highest BCUT2D eigenvalue weighted by Crippen LogP contribution is 2.40. The number of hydrogen-bond acceptors (Lipinski definition) is 2. The minimum Gasteiger partial charge on any atom is -0.331 e. The molecule has 0 N–H and O–H groups in total. The van der Waals surface area contributed by atoms with Crippen LogP contribution in [0, 0.1) is 17.3 Å². The molecule has 28 heavy (non-hydrogen) atoms. The number of benzene rings is 2. The Hall–Kier alpha value is -1.99. The quantitative estimate of drug-likeness (QED) is 0.679. The number of rotatable bonds is 2. The van der Waals surface area contributed by atoms with Crippen LogP contribution in [0.3, 0.4) is 0 Å². The van der Waals surface area contributed by atoms with Gasteiger partial charge in [-0.25, -0.2) is 0 Å². The minimum atomic E-state index is -0.0795. The van der Waals surface area contributed by atoms with Gasteiger partial charge in [-0.2, -0.15) is 0 Å². The van der Waals surface area contributed by atoms with Crippen LogP contribution in [0.15, 0.2) is 48.5 Å². The van der Waals surface area contributed by atoms with Crippen molar-refractivity contribution < 1.29 is 4.79 Å². The normalized spacial score (nSPS) is 18.3. The largest absolute Gasteiger partial charge is 0.331 e. The van der Waals surface area contributed by atoms with Crippen LogP contribution in [0.4, 0.5) is 0 Å². The molecule has 2 aliphatic rings. The van der Waals surface area contributed by atoms with Crippen molar-refractivity contribution in [2.45, 2.75) is 19.4 Å². The number of amides is 1. The molecule has 0 bridgehead atoms. The molecule has 0 atom stereocenters. The summed E-state index contributed by atoms with van der Waals surface area (Å²) in [6.45, 7) is 4.76. The van der Waals surface area contributed by atoms with Crippen LogP contribution in [-0.2, 0) is 11.3 Å². The molecular formula is C23H22Cl2N2O. The molecule has 5 heteroatoms. The Morgan fingerprint density at radius 3 is 2.11 bits per heavy atom. The van der Waals surface area contributed by atoms with Crippen molar-refractivity contribution in [2.24, 2.45) is 5.41 Å². The van der Waals surface area contributed by atoms with Gasteiger partial charge in [-0.15, -0.1) is 0 Å². The minimum absolute atomic E-state index is 0.0795. The van der Waals surface area contributed by atoms with Gasteiger partial charge >= 0.3 is 0 Å². The first-order chi connectivity index (χ1) is 13.5. The zero-order valence-electron chi connectivity index (χ0n) is 15.6. The zero-order chi connectivity index (χ0) is 19.6. The molecule has 144 valence electrons. The molecule has 0 radical (unpaired) electrons. The summed E-state index contributed by atoms with van der Waals surface area (Å²) in [6.07, 6.45) is 2.27. The summed E-state index contributed by atoms with van der Waals surface area (Å²) in [5, 5.41) is 1.45. The van der Waals surface area contributed by atoms with E-state index in [2.05, 4.69) is 28.9 Å². The fourth-order valence-corrected chi connectivity index (χ4v) is 4.25. The van der Waals surface area contributed by atoms with E-state index in [0.717, 1.165) is 56.2 Å². The van der Waals surface area contributed by atoms with E-state index >= 15 is 0 Å². The average Bonchev–Trinajstić information content (AvgIpc) is 2.68. The van der Waals surface area contributed by atoms with Crippen molar-refractivity contribution in [3.05, 3.63) is 69.7 Å². The zero-order valence-corrected chi connectivity index (χ0v) is 17.1. The summed E-state index contributed by atoms with van der Waals surface area (Å²) in [5.74, 6) is 5.61. The van der Waals surface area contributed by atoms with Crippen molar-refractivity contribution in [1.29, 1.82) is 0 Å². The molecule has 2 aromatic rings. The fraction of sp³-hybridized carbons (Fsp3) is 0.348. The second kappa shape index (κ2) is 8.17. The van der Waals surface area contributed by atoms with Gasteiger partial charge in [0.1, 0.15) is 0 Å². The lowest BCUT2D eigenvalue weighted by molar-refractivity contribution is -0.140. The topological polar surface area (TPSA) is 23.6 Å². The summed E-state index contributed by atoms with van der Waals surface area (Å²) in [5.41, 5.74) is 2.39. The maximum absolute atomic E-state index is 12.3. The first kappa shape index (κ1) is 19.3. The number of nitrogens with zero attached hydrogens (tertiary/aromatic N) is 2. The number of hydrogen-bond donors (Lipinski definition) is 0. The third-order valence-electron chi connectivity index (χ3n) is 5.73. The van der Waals surface area contributed by atoms with Gasteiger partial charge in [-0.3, -0.25) is 9.69 Å². The Kier molecular flexibility index (Phi) is 5.64. The third-order valence-corrected chi connectivity index (χ3v) is 6.24. The predicted molar refractivity (Wildman–Crippen MR) is 113 cm³/mol. The molecule has 0 aliphatic carbocycles. The summed E-state index contributed by atoms with van der Waals surface area (Å²) < 4.78 is 0. The first-order valence-electron chi connectivity index (χ1n) is 9.55. The van der Waals surface area contributed by atoms with E-state index in [1.54, 1.807) is 12.1 Å². The van der Waals surface area contributed by atoms with E-state index in [-0.39, 0.29) is 11.3 Å². The van der Waals surface area contributed by atoms with Crippen LogP contribution in [0.1, 0.15) is 24.0 Å². The van der Waals surface area contributed by atoms with Gasteiger partial charge in [0.15, 0.2) is 0 Å². The Bertz CT molecular complexity index is 896. The highest BCUT2D eigenvalue weighted by Gasteiger charge is 2.46. The Morgan fingerprint density at radius 1 is 0.929 bits per heavy atom. The Morgan fingerprint density at radius 2 is 1.50 bits per heavy atom. The molecule has 2 aromatic carbocycles. The molecule has 2 aliphatic heterocycles. The SMILES string of the molecule is O=C(C#Cc1ccc(Cl)cc1)N1CC2(CCN(Cc3ccc(Cl)cc3)CC2)C1. The lowest BCUT2D eigenvalue weighted by Gasteiger charge is -2.53. The van der Waals surface area contributed by atoms with Gasteiger partial charge in [0.05, 0.1) is 0 Å². The maximum Gasteiger partial charge on any atom is 0.298 e. The van der Waals surface area contributed by atoms with Crippen LogP contribution in [0.5, 0.6) is 0 Å². The molecule has 1 amide bonds. The molecule has 0 saturated carbocycles. The van der Waals surface area contributed by atoms with Gasteiger partial charge in [0.25, 0.3) is 5.91 Å². The summed E-state index contributed by atoms with van der Waals surface area (Å²) >= 11 is 11.8. The standard InChI is InChI=1S/C23H22Cl2N2O/c24-20-6-1-18(2-7-20)5-10-22(28)27-16-23(17-27)11-13-26(14-12-23)15-19-3-8-21(25)9-4-19/h1-4,6-9H,11-17H2. The molecule has 3 nitrogen and oxygen atoms in total. The first-order valence-corrected chi connectivity index (χ1v) is 10.3. The van der Waals surface area contributed by atoms with E-state index in [1.165, 1.54) is 5.56 Å². The summed E-state index contributed by atoms with van der Waals surface area (Å²) in [7, 11) is 0. The highest BCUT2D eigenvalue weighted by molar-refractivity contribution is 6.30. The molecular weight excluding hydrogens is 391 g/mol. The van der Waals surface area contributed by atoms with Gasteiger partial charge in [0.2, 0.25) is 0 Å². The number of carbonyl (C=O) groups is 1. The fourth-order valence-electron chi connectivity index (χ4n) is 3.99. The van der Waals surface area contributed by atoms with Crippen LogP contribution in [-0.4, -0.2) is 41.9 Å². The predicted octanol–water partition coefficient (Wildman–Crippen LogP) is 4.47. The Balaban J connectivity index is 1.25. The summed E-state index contributed by atoms with van der Waals surface area (Å²) in [6, 6.07) is 15.3. The van der Waals surface area contributed by atoms with E-state index in [4.69, 9.17) is 23.2 Å². The molecule has 2 fully saturated rings. The monoisotopic (exact) mass is 412 g/mol. The lowest BCUT2D eigenvalue weighted by atomic mass is 9.72. The Labute approximate surface area is 176 Å². The molecule has 1 spiro atoms. The average molecular weight is 413 g/mol. The van der Waals surface area contributed by atoms with Crippen LogP contribution in [0.2, 0.25) is 10.0 Å².